The van der Waals surface area contributed by atoms with Crippen LogP contribution in [0.2, 0.25) is 0 Å². The van der Waals surface area contributed by atoms with Gasteiger partial charge in [-0.1, -0.05) is 0 Å². The number of aryl methyl sites for hydroxylation is 2. The lowest BCUT2D eigenvalue weighted by Crippen LogP contribution is -2.10. The van der Waals surface area contributed by atoms with Crippen molar-refractivity contribution in [2.75, 3.05) is 24.3 Å². The molecule has 5 aromatic heterocycles. The molecule has 1 N–H and O–H groups in total. The van der Waals surface area contributed by atoms with Crippen LogP contribution in [0.5, 0.6) is 0 Å². The van der Waals surface area contributed by atoms with Gasteiger partial charge in [-0.3, -0.25) is 4.68 Å². The molecule has 0 radical (unpaired) electrons. The Balaban J connectivity index is 1.51. The minimum atomic E-state index is 0.524. The molecule has 5 aromatic rings. The van der Waals surface area contributed by atoms with Crippen molar-refractivity contribution in [3.8, 4) is 22.9 Å². The van der Waals surface area contributed by atoms with Gasteiger partial charge in [-0.2, -0.15) is 5.10 Å². The second-order valence-corrected chi connectivity index (χ2v) is 8.94. The summed E-state index contributed by atoms with van der Waals surface area (Å²) < 4.78 is 5.85. The fourth-order valence-electron chi connectivity index (χ4n) is 4.16. The van der Waals surface area contributed by atoms with Gasteiger partial charge in [-0.25, -0.2) is 19.5 Å². The molecule has 0 unspecified atom stereocenters. The Bertz CT molecular complexity index is 1500. The lowest BCUT2D eigenvalue weighted by atomic mass is 10.1. The number of hydrogen-bond donors (Lipinski definition) is 1. The maximum absolute atomic E-state index is 4.88. The molecule has 10 heteroatoms. The van der Waals surface area contributed by atoms with Crippen molar-refractivity contribution in [2.24, 2.45) is 7.05 Å². The quantitative estimate of drug-likeness (QED) is 0.417. The Morgan fingerprint density at radius 2 is 1.91 bits per heavy atom. The standard InChI is InChI=1S/C24H26N10/c1-15-18(19-8-11-33(29-19)16-5-6-16)14-34-21(15)22(27-20-13-17(31(2)3)7-9-25-20)28-23(30-34)24-26-10-12-32(24)4/h7-14,16H,5-6H2,1-4H3,(H,25,27,28,30). The van der Waals surface area contributed by atoms with Crippen molar-refractivity contribution in [3.05, 3.63) is 54.7 Å². The molecule has 0 saturated heterocycles. The zero-order valence-electron chi connectivity index (χ0n) is 19.6. The average Bonchev–Trinajstić information content (AvgIpc) is 3.23. The highest BCUT2D eigenvalue weighted by atomic mass is 15.3. The first-order valence-electron chi connectivity index (χ1n) is 11.3. The van der Waals surface area contributed by atoms with E-state index in [1.165, 1.54) is 12.8 Å². The van der Waals surface area contributed by atoms with Gasteiger partial charge < -0.3 is 14.8 Å². The lowest BCUT2D eigenvalue weighted by molar-refractivity contribution is 0.644. The Morgan fingerprint density at radius 1 is 1.06 bits per heavy atom. The first-order chi connectivity index (χ1) is 16.5. The lowest BCUT2D eigenvalue weighted by Gasteiger charge is -2.14. The van der Waals surface area contributed by atoms with Gasteiger partial charge in [0.1, 0.15) is 11.3 Å². The highest BCUT2D eigenvalue weighted by Crippen LogP contribution is 2.36. The highest BCUT2D eigenvalue weighted by Gasteiger charge is 2.25. The SMILES string of the molecule is Cc1c(-c2ccn(C3CC3)n2)cn2nc(-c3nccn3C)nc(Nc3cc(N(C)C)ccn3)c12. The molecule has 5 heterocycles. The third kappa shape index (κ3) is 3.47. The summed E-state index contributed by atoms with van der Waals surface area (Å²) in [5, 5.41) is 13.1. The topological polar surface area (TPSA) is 94.0 Å². The number of anilines is 3. The van der Waals surface area contributed by atoms with E-state index in [9.17, 15) is 0 Å². The number of imidazole rings is 1. The molecule has 0 aromatic carbocycles. The number of hydrogen-bond acceptors (Lipinski definition) is 7. The fourth-order valence-corrected chi connectivity index (χ4v) is 4.16. The van der Waals surface area contributed by atoms with Crippen molar-refractivity contribution >= 4 is 22.8 Å². The first kappa shape index (κ1) is 20.4. The molecule has 0 amide bonds. The predicted molar refractivity (Wildman–Crippen MR) is 131 cm³/mol. The van der Waals surface area contributed by atoms with E-state index in [1.807, 2.05) is 59.7 Å². The van der Waals surface area contributed by atoms with Gasteiger partial charge >= 0.3 is 0 Å². The van der Waals surface area contributed by atoms with Crippen LogP contribution in [-0.2, 0) is 7.05 Å². The predicted octanol–water partition coefficient (Wildman–Crippen LogP) is 3.84. The number of nitrogens with one attached hydrogen (secondary N) is 1. The van der Waals surface area contributed by atoms with E-state index in [1.54, 1.807) is 12.4 Å². The number of aromatic nitrogens is 8. The van der Waals surface area contributed by atoms with Crippen LogP contribution < -0.4 is 10.2 Å². The molecule has 10 nitrogen and oxygen atoms in total. The summed E-state index contributed by atoms with van der Waals surface area (Å²) in [6, 6.07) is 6.57. The zero-order valence-corrected chi connectivity index (χ0v) is 19.6. The number of nitrogens with zero attached hydrogens (tertiary/aromatic N) is 9. The molecule has 0 bridgehead atoms. The minimum absolute atomic E-state index is 0.524. The number of pyridine rings is 1. The number of fused-ring (bicyclic) bond motifs is 1. The summed E-state index contributed by atoms with van der Waals surface area (Å²) in [7, 11) is 5.94. The van der Waals surface area contributed by atoms with Gasteiger partial charge in [0.15, 0.2) is 11.6 Å². The molecule has 0 atom stereocenters. The molecule has 34 heavy (non-hydrogen) atoms. The van der Waals surface area contributed by atoms with Crippen LogP contribution in [0, 0.1) is 6.92 Å². The molecule has 1 aliphatic carbocycles. The Kier molecular flexibility index (Phi) is 4.61. The maximum Gasteiger partial charge on any atom is 0.218 e. The van der Waals surface area contributed by atoms with Crippen molar-refractivity contribution in [1.82, 2.24) is 38.9 Å². The van der Waals surface area contributed by atoms with Gasteiger partial charge in [0.25, 0.3) is 0 Å². The highest BCUT2D eigenvalue weighted by molar-refractivity contribution is 5.84. The summed E-state index contributed by atoms with van der Waals surface area (Å²) in [5.74, 6) is 2.58. The van der Waals surface area contributed by atoms with Gasteiger partial charge in [0, 0.05) is 69.4 Å². The second kappa shape index (κ2) is 7.68. The molecule has 0 spiro atoms. The van der Waals surface area contributed by atoms with Gasteiger partial charge in [-0.15, -0.1) is 5.10 Å². The molecule has 6 rings (SSSR count). The fraction of sp³-hybridized carbons (Fsp3) is 0.292. The van der Waals surface area contributed by atoms with Crippen LogP contribution in [0.25, 0.3) is 28.4 Å². The maximum atomic E-state index is 4.88. The van der Waals surface area contributed by atoms with Gasteiger partial charge in [0.2, 0.25) is 5.82 Å². The van der Waals surface area contributed by atoms with E-state index in [2.05, 4.69) is 39.2 Å². The van der Waals surface area contributed by atoms with Gasteiger partial charge in [-0.05, 0) is 37.5 Å². The van der Waals surface area contributed by atoms with Crippen molar-refractivity contribution in [2.45, 2.75) is 25.8 Å². The van der Waals surface area contributed by atoms with E-state index >= 15 is 0 Å². The zero-order chi connectivity index (χ0) is 23.4. The smallest absolute Gasteiger partial charge is 0.218 e. The van der Waals surface area contributed by atoms with E-state index in [-0.39, 0.29) is 0 Å². The molecule has 0 aliphatic heterocycles. The molecule has 1 aliphatic rings. The third-order valence-corrected chi connectivity index (χ3v) is 6.22. The van der Waals surface area contributed by atoms with Crippen LogP contribution in [0.4, 0.5) is 17.3 Å². The third-order valence-electron chi connectivity index (χ3n) is 6.22. The van der Waals surface area contributed by atoms with Crippen molar-refractivity contribution in [1.29, 1.82) is 0 Å². The number of rotatable bonds is 6. The van der Waals surface area contributed by atoms with Gasteiger partial charge in [0.05, 0.1) is 11.7 Å². The second-order valence-electron chi connectivity index (χ2n) is 8.94. The summed E-state index contributed by atoms with van der Waals surface area (Å²) in [6.07, 6.45) is 11.9. The Labute approximate surface area is 196 Å². The van der Waals surface area contributed by atoms with Crippen LogP contribution in [0.3, 0.4) is 0 Å². The molecule has 172 valence electrons. The van der Waals surface area contributed by atoms with E-state index < -0.39 is 0 Å². The summed E-state index contributed by atoms with van der Waals surface area (Å²) in [4.78, 5) is 15.9. The normalized spacial score (nSPS) is 13.5. The van der Waals surface area contributed by atoms with Crippen LogP contribution in [0.15, 0.2) is 49.2 Å². The van der Waals surface area contributed by atoms with Crippen molar-refractivity contribution < 1.29 is 0 Å². The molecular formula is C24H26N10. The molecular weight excluding hydrogens is 428 g/mol. The first-order valence-corrected chi connectivity index (χ1v) is 11.3. The van der Waals surface area contributed by atoms with E-state index in [0.717, 1.165) is 28.0 Å². The summed E-state index contributed by atoms with van der Waals surface area (Å²) in [5.41, 5.74) is 4.95. The Morgan fingerprint density at radius 3 is 2.65 bits per heavy atom. The van der Waals surface area contributed by atoms with E-state index in [4.69, 9.17) is 15.2 Å². The van der Waals surface area contributed by atoms with Crippen LogP contribution >= 0.6 is 0 Å². The average molecular weight is 455 g/mol. The monoisotopic (exact) mass is 454 g/mol. The molecule has 1 fully saturated rings. The largest absolute Gasteiger partial charge is 0.378 e. The molecule has 1 saturated carbocycles. The Hall–Kier alpha value is -4.21. The van der Waals surface area contributed by atoms with Crippen molar-refractivity contribution in [3.63, 3.8) is 0 Å². The summed E-state index contributed by atoms with van der Waals surface area (Å²) >= 11 is 0. The van der Waals surface area contributed by atoms with Crippen LogP contribution in [0.1, 0.15) is 24.4 Å². The minimum Gasteiger partial charge on any atom is -0.378 e. The summed E-state index contributed by atoms with van der Waals surface area (Å²) in [6.45, 7) is 2.08. The van der Waals surface area contributed by atoms with E-state index in [0.29, 0.717) is 29.3 Å². The van der Waals surface area contributed by atoms with Crippen LogP contribution in [-0.4, -0.2) is 53.0 Å².